The van der Waals surface area contributed by atoms with E-state index >= 15 is 0 Å². The van der Waals surface area contributed by atoms with E-state index in [1.807, 2.05) is 20.8 Å². The third kappa shape index (κ3) is 4.10. The van der Waals surface area contributed by atoms with Gasteiger partial charge in [0.15, 0.2) is 0 Å². The molecule has 0 spiro atoms. The van der Waals surface area contributed by atoms with E-state index < -0.39 is 22.9 Å². The average molecular weight is 312 g/mol. The molecular formula is C14H17FN2O3S. The maximum atomic E-state index is 13.2. The molecule has 1 unspecified atom stereocenters. The van der Waals surface area contributed by atoms with Crippen LogP contribution in [0.5, 0.6) is 0 Å². The molecule has 1 N–H and O–H groups in total. The maximum Gasteiger partial charge on any atom is 0.409 e. The summed E-state index contributed by atoms with van der Waals surface area (Å²) >= 11 is 1.18. The number of thioether (sulfide) groups is 1. The first kappa shape index (κ1) is 15.6. The van der Waals surface area contributed by atoms with Gasteiger partial charge in [-0.05, 0) is 39.0 Å². The van der Waals surface area contributed by atoms with Crippen LogP contribution in [0.1, 0.15) is 20.8 Å². The molecule has 1 saturated heterocycles. The van der Waals surface area contributed by atoms with Crippen molar-refractivity contribution in [2.75, 3.05) is 10.8 Å². The summed E-state index contributed by atoms with van der Waals surface area (Å²) in [5, 5.41) is 2.63. The van der Waals surface area contributed by atoms with Crippen molar-refractivity contribution in [1.29, 1.82) is 0 Å². The number of hydrogen-bond donors (Lipinski definition) is 1. The van der Waals surface area contributed by atoms with Gasteiger partial charge in [0.25, 0.3) is 5.91 Å². The molecule has 1 aliphatic heterocycles. The lowest BCUT2D eigenvalue weighted by atomic mass is 10.1. The van der Waals surface area contributed by atoms with Crippen LogP contribution in [0.15, 0.2) is 24.3 Å². The second-order valence-corrected chi connectivity index (χ2v) is 6.67. The number of carbonyl (C=O) groups is 2. The van der Waals surface area contributed by atoms with E-state index in [-0.39, 0.29) is 5.91 Å². The van der Waals surface area contributed by atoms with Gasteiger partial charge in [-0.3, -0.25) is 9.69 Å². The van der Waals surface area contributed by atoms with Crippen molar-refractivity contribution in [3.8, 4) is 0 Å². The summed E-state index contributed by atoms with van der Waals surface area (Å²) in [5.41, 5.74) is -0.892. The van der Waals surface area contributed by atoms with Crippen molar-refractivity contribution in [2.45, 2.75) is 31.7 Å². The first-order valence-corrected chi connectivity index (χ1v) is 7.48. The van der Waals surface area contributed by atoms with E-state index in [4.69, 9.17) is 4.74 Å². The van der Waals surface area contributed by atoms with Crippen molar-refractivity contribution in [3.05, 3.63) is 30.1 Å². The lowest BCUT2D eigenvalue weighted by molar-refractivity contribution is -0.122. The minimum absolute atomic E-state index is 0.315. The zero-order valence-corrected chi connectivity index (χ0v) is 12.9. The summed E-state index contributed by atoms with van der Waals surface area (Å²) < 4.78 is 18.3. The SMILES string of the molecule is CC(C)(C)NC(=O)OC1SCN(c2cccc(F)c2)C1=O. The number of nitrogens with zero attached hydrogens (tertiary/aromatic N) is 1. The second kappa shape index (κ2) is 5.93. The number of halogens is 1. The number of hydrogen-bond acceptors (Lipinski definition) is 4. The number of nitrogens with one attached hydrogen (secondary N) is 1. The molecule has 1 aromatic carbocycles. The summed E-state index contributed by atoms with van der Waals surface area (Å²) in [5.74, 6) is -0.467. The van der Waals surface area contributed by atoms with Gasteiger partial charge in [0.05, 0.1) is 5.88 Å². The number of benzene rings is 1. The minimum atomic E-state index is -0.907. The zero-order chi connectivity index (χ0) is 15.6. The van der Waals surface area contributed by atoms with Gasteiger partial charge in [0.1, 0.15) is 5.82 Å². The Hall–Kier alpha value is -1.76. The number of anilines is 1. The van der Waals surface area contributed by atoms with Crippen LogP contribution < -0.4 is 10.2 Å². The number of alkyl carbamates (subject to hydrolysis) is 1. The van der Waals surface area contributed by atoms with Crippen LogP contribution in [0.4, 0.5) is 14.9 Å². The average Bonchev–Trinajstić information content (AvgIpc) is 2.68. The summed E-state index contributed by atoms with van der Waals surface area (Å²) in [7, 11) is 0. The monoisotopic (exact) mass is 312 g/mol. The van der Waals surface area contributed by atoms with Crippen molar-refractivity contribution in [2.24, 2.45) is 0 Å². The van der Waals surface area contributed by atoms with E-state index in [1.165, 1.54) is 34.9 Å². The van der Waals surface area contributed by atoms with Crippen LogP contribution in [0.25, 0.3) is 0 Å². The predicted molar refractivity (Wildman–Crippen MR) is 79.5 cm³/mol. The number of rotatable bonds is 2. The molecule has 0 bridgehead atoms. The topological polar surface area (TPSA) is 58.6 Å². The van der Waals surface area contributed by atoms with Crippen LogP contribution in [-0.2, 0) is 9.53 Å². The smallest absolute Gasteiger partial charge is 0.409 e. The van der Waals surface area contributed by atoms with Crippen molar-refractivity contribution in [1.82, 2.24) is 5.32 Å². The maximum absolute atomic E-state index is 13.2. The molecule has 114 valence electrons. The van der Waals surface area contributed by atoms with Crippen LogP contribution in [-0.4, -0.2) is 28.9 Å². The van der Waals surface area contributed by atoms with Gasteiger partial charge in [-0.25, -0.2) is 9.18 Å². The Labute approximate surface area is 126 Å². The molecule has 1 aromatic rings. The summed E-state index contributed by atoms with van der Waals surface area (Å²) in [6.45, 7) is 5.45. The lowest BCUT2D eigenvalue weighted by Crippen LogP contribution is -2.43. The second-order valence-electron chi connectivity index (χ2n) is 5.65. The predicted octanol–water partition coefficient (Wildman–Crippen LogP) is 2.71. The molecule has 1 atom stereocenters. The Balaban J connectivity index is 2.00. The standard InChI is InChI=1S/C14H17FN2O3S/c1-14(2,3)16-13(19)20-12-11(18)17(8-21-12)10-6-4-5-9(15)7-10/h4-7,12H,8H2,1-3H3,(H,16,19). The fourth-order valence-electron chi connectivity index (χ4n) is 1.77. The highest BCUT2D eigenvalue weighted by atomic mass is 32.2. The van der Waals surface area contributed by atoms with Crippen molar-refractivity contribution >= 4 is 29.4 Å². The van der Waals surface area contributed by atoms with Crippen molar-refractivity contribution < 1.29 is 18.7 Å². The van der Waals surface area contributed by atoms with Crippen LogP contribution >= 0.6 is 11.8 Å². The fourth-order valence-corrected chi connectivity index (χ4v) is 2.75. The van der Waals surface area contributed by atoms with Gasteiger partial charge in [-0.1, -0.05) is 17.8 Å². The van der Waals surface area contributed by atoms with Crippen LogP contribution in [0.2, 0.25) is 0 Å². The summed E-state index contributed by atoms with van der Waals surface area (Å²) in [6.07, 6.45) is -0.644. The third-order valence-corrected chi connectivity index (χ3v) is 3.64. The number of carbonyl (C=O) groups excluding carboxylic acids is 2. The molecule has 2 rings (SSSR count). The van der Waals surface area contributed by atoms with Gasteiger partial charge in [-0.2, -0.15) is 0 Å². The van der Waals surface area contributed by atoms with E-state index in [0.29, 0.717) is 11.6 Å². The molecule has 21 heavy (non-hydrogen) atoms. The highest BCUT2D eigenvalue weighted by Gasteiger charge is 2.36. The van der Waals surface area contributed by atoms with E-state index in [1.54, 1.807) is 6.07 Å². The van der Waals surface area contributed by atoms with Crippen LogP contribution in [0.3, 0.4) is 0 Å². The molecule has 1 aliphatic rings. The van der Waals surface area contributed by atoms with Gasteiger partial charge in [0, 0.05) is 11.2 Å². The van der Waals surface area contributed by atoms with Gasteiger partial charge >= 0.3 is 6.09 Å². The highest BCUT2D eigenvalue weighted by Crippen LogP contribution is 2.30. The van der Waals surface area contributed by atoms with Crippen molar-refractivity contribution in [3.63, 3.8) is 0 Å². The zero-order valence-electron chi connectivity index (χ0n) is 12.1. The third-order valence-electron chi connectivity index (χ3n) is 2.63. The molecule has 2 amide bonds. The molecule has 1 fully saturated rings. The normalized spacial score (nSPS) is 18.8. The van der Waals surface area contributed by atoms with Crippen LogP contribution in [0, 0.1) is 5.82 Å². The first-order valence-electron chi connectivity index (χ1n) is 6.43. The first-order chi connectivity index (χ1) is 9.76. The number of ether oxygens (including phenoxy) is 1. The molecule has 7 heteroatoms. The molecule has 0 aromatic heterocycles. The largest absolute Gasteiger partial charge is 0.425 e. The quantitative estimate of drug-likeness (QED) is 0.912. The van der Waals surface area contributed by atoms with E-state index in [2.05, 4.69) is 5.32 Å². The lowest BCUT2D eigenvalue weighted by Gasteiger charge is -2.21. The van der Waals surface area contributed by atoms with Gasteiger partial charge in [-0.15, -0.1) is 0 Å². The fraction of sp³-hybridized carbons (Fsp3) is 0.429. The van der Waals surface area contributed by atoms with Gasteiger partial charge in [0.2, 0.25) is 5.44 Å². The van der Waals surface area contributed by atoms with E-state index in [9.17, 15) is 14.0 Å². The Morgan fingerprint density at radius 1 is 1.48 bits per heavy atom. The molecule has 5 nitrogen and oxygen atoms in total. The Bertz CT molecular complexity index is 559. The summed E-state index contributed by atoms with van der Waals surface area (Å²) in [4.78, 5) is 25.3. The molecule has 1 heterocycles. The van der Waals surface area contributed by atoms with E-state index in [0.717, 1.165) is 0 Å². The Kier molecular flexibility index (Phi) is 4.41. The Morgan fingerprint density at radius 3 is 2.81 bits per heavy atom. The Morgan fingerprint density at radius 2 is 2.19 bits per heavy atom. The highest BCUT2D eigenvalue weighted by molar-refractivity contribution is 8.01. The molecule has 0 saturated carbocycles. The summed E-state index contributed by atoms with van der Waals surface area (Å²) in [6, 6.07) is 5.75. The molecule has 0 aliphatic carbocycles. The molecular weight excluding hydrogens is 295 g/mol. The molecule has 0 radical (unpaired) electrons. The minimum Gasteiger partial charge on any atom is -0.425 e. The van der Waals surface area contributed by atoms with Gasteiger partial charge < -0.3 is 10.1 Å². The number of amides is 2.